The Morgan fingerprint density at radius 1 is 1.39 bits per heavy atom. The Labute approximate surface area is 112 Å². The molecule has 0 saturated carbocycles. The van der Waals surface area contributed by atoms with Gasteiger partial charge in [0, 0.05) is 11.4 Å². The minimum atomic E-state index is 0.911. The first kappa shape index (κ1) is 13.3. The highest BCUT2D eigenvalue weighted by Crippen LogP contribution is 2.31. The highest BCUT2D eigenvalue weighted by atomic mass is 32.1. The number of nitrogens with zero attached hydrogens (tertiary/aromatic N) is 1. The van der Waals surface area contributed by atoms with E-state index in [0.29, 0.717) is 0 Å². The average molecular weight is 264 g/mol. The van der Waals surface area contributed by atoms with E-state index in [4.69, 9.17) is 9.40 Å². The number of hydrogen-bond acceptors (Lipinski definition) is 4. The van der Waals surface area contributed by atoms with Crippen LogP contribution in [-0.4, -0.2) is 11.5 Å². The van der Waals surface area contributed by atoms with Crippen LogP contribution in [0.25, 0.3) is 10.8 Å². The lowest BCUT2D eigenvalue weighted by atomic mass is 10.2. The zero-order chi connectivity index (χ0) is 13.0. The van der Waals surface area contributed by atoms with Crippen LogP contribution < -0.4 is 5.32 Å². The lowest BCUT2D eigenvalue weighted by molar-refractivity contribution is 0.580. The third kappa shape index (κ3) is 2.82. The van der Waals surface area contributed by atoms with Crippen LogP contribution in [0.15, 0.2) is 16.7 Å². The van der Waals surface area contributed by atoms with Gasteiger partial charge in [0.1, 0.15) is 0 Å². The van der Waals surface area contributed by atoms with Gasteiger partial charge in [-0.1, -0.05) is 13.8 Å². The molecular weight excluding hydrogens is 244 g/mol. The minimum absolute atomic E-state index is 0.911. The molecule has 0 amide bonds. The van der Waals surface area contributed by atoms with E-state index in [1.165, 1.54) is 10.6 Å². The molecule has 2 aromatic rings. The van der Waals surface area contributed by atoms with Gasteiger partial charge in [0.25, 0.3) is 0 Å². The SMILES string of the molecule is CCCNCc1sc(-c2occc2C)nc1CC. The number of furan rings is 1. The van der Waals surface area contributed by atoms with Crippen molar-refractivity contribution >= 4 is 11.3 Å². The van der Waals surface area contributed by atoms with Crippen molar-refractivity contribution in [3.63, 3.8) is 0 Å². The van der Waals surface area contributed by atoms with E-state index in [1.54, 1.807) is 17.6 Å². The van der Waals surface area contributed by atoms with Gasteiger partial charge in [-0.25, -0.2) is 4.98 Å². The smallest absolute Gasteiger partial charge is 0.165 e. The molecule has 18 heavy (non-hydrogen) atoms. The molecular formula is C14H20N2OS. The Morgan fingerprint density at radius 2 is 2.22 bits per heavy atom. The van der Waals surface area contributed by atoms with Gasteiger partial charge < -0.3 is 9.73 Å². The normalized spacial score (nSPS) is 11.1. The van der Waals surface area contributed by atoms with Crippen LogP contribution >= 0.6 is 11.3 Å². The molecule has 0 aliphatic heterocycles. The van der Waals surface area contributed by atoms with Gasteiger partial charge in [0.2, 0.25) is 0 Å². The highest BCUT2D eigenvalue weighted by molar-refractivity contribution is 7.15. The molecule has 2 rings (SSSR count). The molecule has 0 aromatic carbocycles. The maximum atomic E-state index is 5.52. The first-order valence-electron chi connectivity index (χ1n) is 6.50. The fourth-order valence-electron chi connectivity index (χ4n) is 1.87. The first-order valence-corrected chi connectivity index (χ1v) is 7.31. The molecule has 0 saturated heterocycles. The van der Waals surface area contributed by atoms with Crippen LogP contribution in [-0.2, 0) is 13.0 Å². The van der Waals surface area contributed by atoms with Crippen LogP contribution in [0.1, 0.15) is 36.4 Å². The Morgan fingerprint density at radius 3 is 2.83 bits per heavy atom. The standard InChI is InChI=1S/C14H20N2OS/c1-4-7-15-9-12-11(5-2)16-14(18-12)13-10(3)6-8-17-13/h6,8,15H,4-5,7,9H2,1-3H3. The lowest BCUT2D eigenvalue weighted by Gasteiger charge is -2.01. The summed E-state index contributed by atoms with van der Waals surface area (Å²) in [5.74, 6) is 0.913. The van der Waals surface area contributed by atoms with Crippen molar-refractivity contribution in [1.82, 2.24) is 10.3 Å². The summed E-state index contributed by atoms with van der Waals surface area (Å²) in [5, 5.41) is 4.44. The quantitative estimate of drug-likeness (QED) is 0.807. The zero-order valence-corrected chi connectivity index (χ0v) is 12.1. The summed E-state index contributed by atoms with van der Waals surface area (Å²) in [6, 6.07) is 1.98. The van der Waals surface area contributed by atoms with E-state index in [1.807, 2.05) is 6.07 Å². The Hall–Kier alpha value is -1.13. The Kier molecular flexibility index (Phi) is 4.55. The summed E-state index contributed by atoms with van der Waals surface area (Å²) in [6.45, 7) is 8.35. The second-order valence-electron chi connectivity index (χ2n) is 4.35. The molecule has 0 aliphatic rings. The summed E-state index contributed by atoms with van der Waals surface area (Å²) in [4.78, 5) is 6.03. The third-order valence-electron chi connectivity index (χ3n) is 2.88. The molecule has 0 bridgehead atoms. The molecule has 0 aliphatic carbocycles. The number of hydrogen-bond donors (Lipinski definition) is 1. The second kappa shape index (κ2) is 6.16. The maximum absolute atomic E-state index is 5.52. The summed E-state index contributed by atoms with van der Waals surface area (Å²) >= 11 is 1.74. The van der Waals surface area contributed by atoms with Crippen molar-refractivity contribution in [2.24, 2.45) is 0 Å². The highest BCUT2D eigenvalue weighted by Gasteiger charge is 2.14. The molecule has 3 nitrogen and oxygen atoms in total. The summed E-state index contributed by atoms with van der Waals surface area (Å²) in [5.41, 5.74) is 2.34. The molecule has 0 atom stereocenters. The predicted molar refractivity (Wildman–Crippen MR) is 75.9 cm³/mol. The molecule has 1 N–H and O–H groups in total. The fraction of sp³-hybridized carbons (Fsp3) is 0.500. The monoisotopic (exact) mass is 264 g/mol. The number of rotatable bonds is 6. The van der Waals surface area contributed by atoms with E-state index in [2.05, 4.69) is 26.1 Å². The van der Waals surface area contributed by atoms with Gasteiger partial charge in [-0.2, -0.15) is 0 Å². The van der Waals surface area contributed by atoms with Gasteiger partial charge in [-0.05, 0) is 37.9 Å². The van der Waals surface area contributed by atoms with Gasteiger partial charge in [0.05, 0.1) is 12.0 Å². The lowest BCUT2D eigenvalue weighted by Crippen LogP contribution is -2.13. The van der Waals surface area contributed by atoms with E-state index >= 15 is 0 Å². The minimum Gasteiger partial charge on any atom is -0.462 e. The predicted octanol–water partition coefficient (Wildman–Crippen LogP) is 3.77. The van der Waals surface area contributed by atoms with Gasteiger partial charge in [0.15, 0.2) is 10.8 Å². The molecule has 0 spiro atoms. The average Bonchev–Trinajstić information content (AvgIpc) is 2.95. The van der Waals surface area contributed by atoms with E-state index < -0.39 is 0 Å². The number of thiazole rings is 1. The molecule has 0 fully saturated rings. The third-order valence-corrected chi connectivity index (χ3v) is 3.98. The van der Waals surface area contributed by atoms with Crippen molar-refractivity contribution in [3.8, 4) is 10.8 Å². The van der Waals surface area contributed by atoms with E-state index in [0.717, 1.165) is 42.3 Å². The molecule has 4 heteroatoms. The van der Waals surface area contributed by atoms with Gasteiger partial charge in [-0.15, -0.1) is 11.3 Å². The molecule has 98 valence electrons. The number of nitrogens with one attached hydrogen (secondary N) is 1. The number of aryl methyl sites for hydroxylation is 2. The maximum Gasteiger partial charge on any atom is 0.165 e. The molecule has 0 radical (unpaired) electrons. The van der Waals surface area contributed by atoms with Crippen molar-refractivity contribution in [3.05, 3.63) is 28.5 Å². The van der Waals surface area contributed by atoms with Crippen molar-refractivity contribution < 1.29 is 4.42 Å². The van der Waals surface area contributed by atoms with Gasteiger partial charge >= 0.3 is 0 Å². The van der Waals surface area contributed by atoms with Crippen LogP contribution in [0.3, 0.4) is 0 Å². The molecule has 2 heterocycles. The number of aromatic nitrogens is 1. The van der Waals surface area contributed by atoms with E-state index in [9.17, 15) is 0 Å². The van der Waals surface area contributed by atoms with Crippen LogP contribution in [0.2, 0.25) is 0 Å². The topological polar surface area (TPSA) is 38.1 Å². The first-order chi connectivity index (χ1) is 8.76. The molecule has 0 unspecified atom stereocenters. The summed E-state index contributed by atoms with van der Waals surface area (Å²) in [7, 11) is 0. The Balaban J connectivity index is 2.21. The summed E-state index contributed by atoms with van der Waals surface area (Å²) in [6.07, 6.45) is 3.86. The zero-order valence-electron chi connectivity index (χ0n) is 11.2. The van der Waals surface area contributed by atoms with E-state index in [-0.39, 0.29) is 0 Å². The van der Waals surface area contributed by atoms with Crippen LogP contribution in [0, 0.1) is 6.92 Å². The Bertz CT molecular complexity index is 502. The largest absolute Gasteiger partial charge is 0.462 e. The van der Waals surface area contributed by atoms with Crippen LogP contribution in [0.5, 0.6) is 0 Å². The van der Waals surface area contributed by atoms with Crippen LogP contribution in [0.4, 0.5) is 0 Å². The van der Waals surface area contributed by atoms with Crippen molar-refractivity contribution in [2.75, 3.05) is 6.54 Å². The fourth-order valence-corrected chi connectivity index (χ4v) is 3.04. The van der Waals surface area contributed by atoms with Crippen molar-refractivity contribution in [2.45, 2.75) is 40.2 Å². The van der Waals surface area contributed by atoms with Gasteiger partial charge in [-0.3, -0.25) is 0 Å². The van der Waals surface area contributed by atoms with Crippen molar-refractivity contribution in [1.29, 1.82) is 0 Å². The summed E-state index contributed by atoms with van der Waals surface area (Å²) < 4.78 is 5.52. The molecule has 2 aromatic heterocycles. The second-order valence-corrected chi connectivity index (χ2v) is 5.44.